The van der Waals surface area contributed by atoms with E-state index < -0.39 is 12.7 Å². The average Bonchev–Trinajstić information content (AvgIpc) is 2.63. The van der Waals surface area contributed by atoms with Crippen LogP contribution >= 0.6 is 11.6 Å². The van der Waals surface area contributed by atoms with E-state index in [2.05, 4.69) is 9.88 Å². The number of pyridine rings is 1. The number of nitrogen functional groups attached to an aromatic ring is 1. The van der Waals surface area contributed by atoms with Crippen molar-refractivity contribution in [2.45, 2.75) is 31.1 Å². The fraction of sp³-hybridized carbons (Fsp3) is 0.615. The highest BCUT2D eigenvalue weighted by Gasteiger charge is 2.43. The molecule has 116 valence electrons. The lowest BCUT2D eigenvalue weighted by Gasteiger charge is -2.42. The summed E-state index contributed by atoms with van der Waals surface area (Å²) in [5.74, 6) is 0.705. The number of halogens is 4. The molecule has 1 aromatic rings. The molecule has 0 radical (unpaired) electrons. The van der Waals surface area contributed by atoms with Crippen molar-refractivity contribution in [3.8, 4) is 0 Å². The lowest BCUT2D eigenvalue weighted by molar-refractivity contribution is -0.147. The Balaban J connectivity index is 1.77. The van der Waals surface area contributed by atoms with Gasteiger partial charge in [0.25, 0.3) is 0 Å². The van der Waals surface area contributed by atoms with Crippen LogP contribution in [0, 0.1) is 0 Å². The quantitative estimate of drug-likeness (QED) is 0.909. The van der Waals surface area contributed by atoms with Crippen molar-refractivity contribution in [1.82, 2.24) is 9.88 Å². The molecule has 0 aliphatic carbocycles. The second-order valence-corrected chi connectivity index (χ2v) is 6.07. The van der Waals surface area contributed by atoms with Crippen molar-refractivity contribution in [3.05, 3.63) is 17.3 Å². The van der Waals surface area contributed by atoms with Gasteiger partial charge in [0.2, 0.25) is 0 Å². The summed E-state index contributed by atoms with van der Waals surface area (Å²) in [7, 11) is 0. The standard InChI is InChI=1S/C13H16ClF3N4/c14-10-4-19-12(3-11(10)18)21-8-1-2-9(21)6-20(5-8)7-13(15,16)17/h3-4,8-9H,1-2,5-7H2,(H2,18,19). The molecule has 0 aromatic carbocycles. The number of nitrogens with zero attached hydrogens (tertiary/aromatic N) is 3. The van der Waals surface area contributed by atoms with Gasteiger partial charge in [-0.2, -0.15) is 13.2 Å². The largest absolute Gasteiger partial charge is 0.401 e. The summed E-state index contributed by atoms with van der Waals surface area (Å²) < 4.78 is 37.6. The second kappa shape index (κ2) is 5.21. The number of likely N-dealkylation sites (tertiary alicyclic amines) is 1. The molecule has 1 aromatic heterocycles. The number of rotatable bonds is 2. The number of anilines is 2. The molecule has 0 saturated carbocycles. The van der Waals surface area contributed by atoms with E-state index in [0.29, 0.717) is 29.6 Å². The van der Waals surface area contributed by atoms with Crippen LogP contribution in [0.25, 0.3) is 0 Å². The highest BCUT2D eigenvalue weighted by Crippen LogP contribution is 2.36. The number of hydrogen-bond acceptors (Lipinski definition) is 4. The lowest BCUT2D eigenvalue weighted by Crippen LogP contribution is -2.55. The maximum atomic E-state index is 12.5. The van der Waals surface area contributed by atoms with Crippen LogP contribution in [0.5, 0.6) is 0 Å². The molecule has 2 aliphatic rings. The van der Waals surface area contributed by atoms with Crippen LogP contribution in [0.3, 0.4) is 0 Å². The molecular weight excluding hydrogens is 305 g/mol. The molecule has 4 nitrogen and oxygen atoms in total. The molecule has 2 atom stereocenters. The zero-order valence-electron chi connectivity index (χ0n) is 11.3. The molecule has 21 heavy (non-hydrogen) atoms. The van der Waals surface area contributed by atoms with Crippen LogP contribution in [-0.2, 0) is 0 Å². The van der Waals surface area contributed by atoms with Gasteiger partial charge >= 0.3 is 6.18 Å². The number of nitrogens with two attached hydrogens (primary N) is 1. The third-order valence-corrected chi connectivity index (χ3v) is 4.41. The van der Waals surface area contributed by atoms with Gasteiger partial charge in [0.15, 0.2) is 0 Å². The Morgan fingerprint density at radius 2 is 1.90 bits per heavy atom. The van der Waals surface area contributed by atoms with E-state index in [1.165, 1.54) is 11.1 Å². The van der Waals surface area contributed by atoms with Gasteiger partial charge in [0, 0.05) is 37.4 Å². The molecule has 3 rings (SSSR count). The van der Waals surface area contributed by atoms with Crippen molar-refractivity contribution >= 4 is 23.1 Å². The van der Waals surface area contributed by atoms with E-state index in [1.807, 2.05) is 0 Å². The first-order valence-electron chi connectivity index (χ1n) is 6.82. The van der Waals surface area contributed by atoms with Gasteiger partial charge in [0.1, 0.15) is 5.82 Å². The number of piperazine rings is 1. The first-order valence-corrected chi connectivity index (χ1v) is 7.20. The normalized spacial score (nSPS) is 26.4. The van der Waals surface area contributed by atoms with Gasteiger partial charge in [0.05, 0.1) is 17.3 Å². The van der Waals surface area contributed by atoms with E-state index in [-0.39, 0.29) is 12.1 Å². The molecule has 2 bridgehead atoms. The van der Waals surface area contributed by atoms with Crippen LogP contribution in [0.4, 0.5) is 24.7 Å². The van der Waals surface area contributed by atoms with Crippen molar-refractivity contribution in [1.29, 1.82) is 0 Å². The van der Waals surface area contributed by atoms with Crippen LogP contribution in [0.15, 0.2) is 12.3 Å². The summed E-state index contributed by atoms with van der Waals surface area (Å²) >= 11 is 5.86. The number of hydrogen-bond donors (Lipinski definition) is 1. The highest BCUT2D eigenvalue weighted by atomic mass is 35.5. The Hall–Kier alpha value is -1.21. The first kappa shape index (κ1) is 14.7. The fourth-order valence-corrected chi connectivity index (χ4v) is 3.43. The van der Waals surface area contributed by atoms with Crippen LogP contribution in [0.2, 0.25) is 5.02 Å². The van der Waals surface area contributed by atoms with Crippen LogP contribution in [0.1, 0.15) is 12.8 Å². The molecule has 0 amide bonds. The minimum absolute atomic E-state index is 0.0548. The van der Waals surface area contributed by atoms with Gasteiger partial charge in [-0.1, -0.05) is 11.6 Å². The highest BCUT2D eigenvalue weighted by molar-refractivity contribution is 6.32. The predicted molar refractivity (Wildman–Crippen MR) is 75.4 cm³/mol. The number of fused-ring (bicyclic) bond motifs is 2. The van der Waals surface area contributed by atoms with Gasteiger partial charge in [-0.25, -0.2) is 4.98 Å². The zero-order chi connectivity index (χ0) is 15.2. The summed E-state index contributed by atoms with van der Waals surface area (Å²) in [5.41, 5.74) is 6.23. The molecule has 2 aliphatic heterocycles. The van der Waals surface area contributed by atoms with E-state index in [1.54, 1.807) is 6.07 Å². The average molecular weight is 321 g/mol. The maximum absolute atomic E-state index is 12.5. The van der Waals surface area contributed by atoms with Gasteiger partial charge < -0.3 is 10.6 Å². The topological polar surface area (TPSA) is 45.4 Å². The minimum Gasteiger partial charge on any atom is -0.397 e. The molecule has 2 fully saturated rings. The van der Waals surface area contributed by atoms with E-state index in [0.717, 1.165) is 12.8 Å². The Labute approximate surface area is 125 Å². The van der Waals surface area contributed by atoms with E-state index in [9.17, 15) is 13.2 Å². The maximum Gasteiger partial charge on any atom is 0.401 e. The molecular formula is C13H16ClF3N4. The smallest absolute Gasteiger partial charge is 0.397 e. The molecule has 2 unspecified atom stereocenters. The van der Waals surface area contributed by atoms with Crippen molar-refractivity contribution in [2.24, 2.45) is 0 Å². The zero-order valence-corrected chi connectivity index (χ0v) is 12.0. The Kier molecular flexibility index (Phi) is 3.65. The third-order valence-electron chi connectivity index (χ3n) is 4.10. The minimum atomic E-state index is -4.15. The molecule has 8 heteroatoms. The van der Waals surface area contributed by atoms with Crippen LogP contribution in [-0.4, -0.2) is 47.8 Å². The third kappa shape index (κ3) is 3.03. The van der Waals surface area contributed by atoms with Crippen molar-refractivity contribution in [2.75, 3.05) is 30.3 Å². The Bertz CT molecular complexity index is 523. The Morgan fingerprint density at radius 1 is 1.29 bits per heavy atom. The number of aromatic nitrogens is 1. The molecule has 0 spiro atoms. The SMILES string of the molecule is Nc1cc(N2C3CCC2CN(CC(F)(F)F)C3)ncc1Cl. The molecule has 3 heterocycles. The second-order valence-electron chi connectivity index (χ2n) is 5.67. The summed E-state index contributed by atoms with van der Waals surface area (Å²) in [6, 6.07) is 1.81. The first-order chi connectivity index (χ1) is 9.83. The van der Waals surface area contributed by atoms with Gasteiger partial charge in [-0.3, -0.25) is 4.90 Å². The van der Waals surface area contributed by atoms with E-state index >= 15 is 0 Å². The Morgan fingerprint density at radius 3 is 2.43 bits per heavy atom. The lowest BCUT2D eigenvalue weighted by atomic mass is 10.2. The van der Waals surface area contributed by atoms with E-state index in [4.69, 9.17) is 17.3 Å². The molecule has 2 saturated heterocycles. The summed E-state index contributed by atoms with van der Waals surface area (Å²) in [6.07, 6.45) is -0.898. The van der Waals surface area contributed by atoms with Gasteiger partial charge in [-0.15, -0.1) is 0 Å². The van der Waals surface area contributed by atoms with Gasteiger partial charge in [-0.05, 0) is 12.8 Å². The van der Waals surface area contributed by atoms with Crippen molar-refractivity contribution < 1.29 is 13.2 Å². The van der Waals surface area contributed by atoms with Crippen LogP contribution < -0.4 is 10.6 Å². The summed E-state index contributed by atoms with van der Waals surface area (Å²) in [4.78, 5) is 7.86. The van der Waals surface area contributed by atoms with Crippen molar-refractivity contribution in [3.63, 3.8) is 0 Å². The monoisotopic (exact) mass is 320 g/mol. The fourth-order valence-electron chi connectivity index (χ4n) is 3.33. The predicted octanol–water partition coefficient (Wildman–Crippen LogP) is 2.53. The molecule has 2 N–H and O–H groups in total. The summed E-state index contributed by atoms with van der Waals surface area (Å²) in [5, 5.41) is 0.391. The number of alkyl halides is 3. The summed E-state index contributed by atoms with van der Waals surface area (Å²) in [6.45, 7) is -0.0372.